The number of ether oxygens (including phenoxy) is 1. The molecular formula is C19H28N4O4S. The van der Waals surface area contributed by atoms with Gasteiger partial charge < -0.3 is 10.1 Å². The van der Waals surface area contributed by atoms with Crippen molar-refractivity contribution in [3.63, 3.8) is 0 Å². The Bertz CT molecular complexity index is 904. The van der Waals surface area contributed by atoms with Crippen LogP contribution >= 0.6 is 0 Å². The summed E-state index contributed by atoms with van der Waals surface area (Å²) in [5.41, 5.74) is 0.231. The Morgan fingerprint density at radius 3 is 2.54 bits per heavy atom. The zero-order valence-corrected chi connectivity index (χ0v) is 17.6. The van der Waals surface area contributed by atoms with Crippen LogP contribution in [0.25, 0.3) is 0 Å². The lowest BCUT2D eigenvalue weighted by molar-refractivity contribution is 0.102. The first-order valence-electron chi connectivity index (χ1n) is 9.40. The van der Waals surface area contributed by atoms with Crippen LogP contribution in [0.1, 0.15) is 44.0 Å². The fraction of sp³-hybridized carbons (Fsp3) is 0.474. The summed E-state index contributed by atoms with van der Waals surface area (Å²) >= 11 is 0. The van der Waals surface area contributed by atoms with Crippen molar-refractivity contribution in [3.05, 3.63) is 36.0 Å². The van der Waals surface area contributed by atoms with Crippen molar-refractivity contribution in [2.45, 2.75) is 45.1 Å². The van der Waals surface area contributed by atoms with Gasteiger partial charge in [0.1, 0.15) is 16.5 Å². The standard InChI is InChI=1S/C19H28N4O4S/c1-5-8-13-23-18(11-12-20-23)21-19(24)15-9-10-16(27-4)17(14-15)28(25,26)22(6-2)7-3/h9-12,14H,5-8,13H2,1-4H3,(H,21,24). The molecule has 0 bridgehead atoms. The SMILES string of the molecule is CCCCn1nccc1NC(=O)c1ccc(OC)c(S(=O)(=O)N(CC)CC)c1. The first-order chi connectivity index (χ1) is 13.4. The number of aryl methyl sites for hydroxylation is 1. The molecule has 0 atom stereocenters. The third-order valence-electron chi connectivity index (χ3n) is 4.43. The first kappa shape index (κ1) is 21.9. The highest BCUT2D eigenvalue weighted by atomic mass is 32.2. The monoisotopic (exact) mass is 408 g/mol. The highest BCUT2D eigenvalue weighted by molar-refractivity contribution is 7.89. The molecule has 0 aliphatic rings. The molecule has 28 heavy (non-hydrogen) atoms. The number of rotatable bonds is 10. The van der Waals surface area contributed by atoms with Gasteiger partial charge in [0.15, 0.2) is 0 Å². The topological polar surface area (TPSA) is 93.5 Å². The normalized spacial score (nSPS) is 11.6. The second-order valence-corrected chi connectivity index (χ2v) is 8.11. The second-order valence-electron chi connectivity index (χ2n) is 6.20. The van der Waals surface area contributed by atoms with Crippen molar-refractivity contribution in [1.29, 1.82) is 0 Å². The summed E-state index contributed by atoms with van der Waals surface area (Å²) in [4.78, 5) is 12.7. The molecule has 1 heterocycles. The number of sulfonamides is 1. The minimum Gasteiger partial charge on any atom is -0.495 e. The van der Waals surface area contributed by atoms with Crippen LogP contribution in [0.5, 0.6) is 5.75 Å². The fourth-order valence-electron chi connectivity index (χ4n) is 2.84. The zero-order valence-electron chi connectivity index (χ0n) is 16.8. The van der Waals surface area contributed by atoms with Gasteiger partial charge >= 0.3 is 0 Å². The van der Waals surface area contributed by atoms with E-state index in [0.29, 0.717) is 25.5 Å². The minimum absolute atomic E-state index is 0.0224. The number of aromatic nitrogens is 2. The van der Waals surface area contributed by atoms with Crippen LogP contribution in [0.3, 0.4) is 0 Å². The molecule has 2 aromatic rings. The van der Waals surface area contributed by atoms with Crippen molar-refractivity contribution < 1.29 is 17.9 Å². The van der Waals surface area contributed by atoms with Crippen LogP contribution in [0.2, 0.25) is 0 Å². The zero-order chi connectivity index (χ0) is 20.7. The molecule has 1 N–H and O–H groups in total. The van der Waals surface area contributed by atoms with Crippen LogP contribution in [0.15, 0.2) is 35.4 Å². The van der Waals surface area contributed by atoms with Crippen LogP contribution < -0.4 is 10.1 Å². The molecule has 0 aliphatic heterocycles. The number of anilines is 1. The summed E-state index contributed by atoms with van der Waals surface area (Å²) in [6.45, 7) is 6.97. The number of unbranched alkanes of at least 4 members (excludes halogenated alkanes) is 1. The summed E-state index contributed by atoms with van der Waals surface area (Å²) in [6.07, 6.45) is 3.58. The maximum Gasteiger partial charge on any atom is 0.256 e. The quantitative estimate of drug-likeness (QED) is 0.652. The smallest absolute Gasteiger partial charge is 0.256 e. The van der Waals surface area contributed by atoms with E-state index in [1.54, 1.807) is 36.9 Å². The Morgan fingerprint density at radius 2 is 1.93 bits per heavy atom. The molecule has 8 nitrogen and oxygen atoms in total. The van der Waals surface area contributed by atoms with E-state index >= 15 is 0 Å². The van der Waals surface area contributed by atoms with Gasteiger partial charge in [0.25, 0.3) is 5.91 Å². The van der Waals surface area contributed by atoms with Gasteiger partial charge in [-0.3, -0.25) is 4.79 Å². The Kier molecular flexibility index (Phi) is 7.59. The van der Waals surface area contributed by atoms with Crippen molar-refractivity contribution in [2.24, 2.45) is 0 Å². The summed E-state index contributed by atoms with van der Waals surface area (Å²) < 4.78 is 34.1. The van der Waals surface area contributed by atoms with Gasteiger partial charge in [-0.2, -0.15) is 9.40 Å². The van der Waals surface area contributed by atoms with Gasteiger partial charge in [0.2, 0.25) is 10.0 Å². The Labute approximate surface area is 166 Å². The number of nitrogens with one attached hydrogen (secondary N) is 1. The van der Waals surface area contributed by atoms with Crippen molar-refractivity contribution >= 4 is 21.7 Å². The van der Waals surface area contributed by atoms with Gasteiger partial charge in [-0.05, 0) is 24.6 Å². The number of amides is 1. The van der Waals surface area contributed by atoms with Crippen LogP contribution in [0, 0.1) is 0 Å². The fourth-order valence-corrected chi connectivity index (χ4v) is 4.48. The van der Waals surface area contributed by atoms with Crippen molar-refractivity contribution in [3.8, 4) is 5.75 Å². The van der Waals surface area contributed by atoms with Crippen molar-refractivity contribution in [2.75, 3.05) is 25.5 Å². The van der Waals surface area contributed by atoms with E-state index in [9.17, 15) is 13.2 Å². The first-order valence-corrected chi connectivity index (χ1v) is 10.8. The van der Waals surface area contributed by atoms with E-state index in [-0.39, 0.29) is 16.2 Å². The average Bonchev–Trinajstić information content (AvgIpc) is 3.13. The van der Waals surface area contributed by atoms with E-state index in [0.717, 1.165) is 12.8 Å². The van der Waals surface area contributed by atoms with Gasteiger partial charge in [0, 0.05) is 31.3 Å². The number of hydrogen-bond acceptors (Lipinski definition) is 5. The maximum absolute atomic E-state index is 12.9. The molecule has 1 aromatic heterocycles. The molecule has 0 saturated carbocycles. The van der Waals surface area contributed by atoms with Crippen LogP contribution in [-0.2, 0) is 16.6 Å². The van der Waals surface area contributed by atoms with Gasteiger partial charge in [-0.1, -0.05) is 27.2 Å². The Balaban J connectivity index is 2.35. The van der Waals surface area contributed by atoms with E-state index in [1.807, 2.05) is 0 Å². The molecule has 0 fully saturated rings. The minimum atomic E-state index is -3.77. The van der Waals surface area contributed by atoms with Crippen LogP contribution in [-0.4, -0.2) is 48.6 Å². The molecule has 0 aliphatic carbocycles. The number of carbonyl (C=O) groups excluding carboxylic acids is 1. The summed E-state index contributed by atoms with van der Waals surface area (Å²) in [6, 6.07) is 6.11. The summed E-state index contributed by atoms with van der Waals surface area (Å²) in [7, 11) is -2.37. The third kappa shape index (κ3) is 4.71. The second kappa shape index (κ2) is 9.70. The Morgan fingerprint density at radius 1 is 1.21 bits per heavy atom. The number of carbonyl (C=O) groups is 1. The largest absolute Gasteiger partial charge is 0.495 e. The van der Waals surface area contributed by atoms with Gasteiger partial charge in [0.05, 0.1) is 13.3 Å². The highest BCUT2D eigenvalue weighted by Gasteiger charge is 2.27. The van der Waals surface area contributed by atoms with Gasteiger partial charge in [-0.25, -0.2) is 13.1 Å². The van der Waals surface area contributed by atoms with E-state index in [4.69, 9.17) is 4.74 Å². The van der Waals surface area contributed by atoms with Crippen molar-refractivity contribution in [1.82, 2.24) is 14.1 Å². The molecule has 2 rings (SSSR count). The predicted molar refractivity (Wildman–Crippen MR) is 108 cm³/mol. The van der Waals surface area contributed by atoms with Gasteiger partial charge in [-0.15, -0.1) is 0 Å². The molecule has 0 radical (unpaired) electrons. The summed E-state index contributed by atoms with van der Waals surface area (Å²) in [5, 5.41) is 7.01. The lowest BCUT2D eigenvalue weighted by atomic mass is 10.2. The number of nitrogens with zero attached hydrogens (tertiary/aromatic N) is 3. The van der Waals surface area contributed by atoms with E-state index in [2.05, 4.69) is 17.3 Å². The maximum atomic E-state index is 12.9. The molecule has 0 spiro atoms. The number of benzene rings is 1. The third-order valence-corrected chi connectivity index (χ3v) is 6.50. The molecule has 0 unspecified atom stereocenters. The molecule has 0 saturated heterocycles. The molecule has 1 aromatic carbocycles. The lowest BCUT2D eigenvalue weighted by Crippen LogP contribution is -2.31. The van der Waals surface area contributed by atoms with E-state index < -0.39 is 15.9 Å². The summed E-state index contributed by atoms with van der Waals surface area (Å²) in [5.74, 6) is 0.371. The molecule has 154 valence electrons. The Hall–Kier alpha value is -2.39. The predicted octanol–water partition coefficient (Wildman–Crippen LogP) is 2.97. The number of hydrogen-bond donors (Lipinski definition) is 1. The lowest BCUT2D eigenvalue weighted by Gasteiger charge is -2.20. The average molecular weight is 409 g/mol. The molecule has 9 heteroatoms. The van der Waals surface area contributed by atoms with Crippen LogP contribution in [0.4, 0.5) is 5.82 Å². The number of methoxy groups -OCH3 is 1. The molecular weight excluding hydrogens is 380 g/mol. The van der Waals surface area contributed by atoms with E-state index in [1.165, 1.54) is 23.5 Å². The molecule has 1 amide bonds. The highest BCUT2D eigenvalue weighted by Crippen LogP contribution is 2.28.